The van der Waals surface area contributed by atoms with Crippen LogP contribution in [0.2, 0.25) is 0 Å². The van der Waals surface area contributed by atoms with Gasteiger partial charge in [-0.2, -0.15) is 0 Å². The van der Waals surface area contributed by atoms with E-state index in [2.05, 4.69) is 9.97 Å². The van der Waals surface area contributed by atoms with E-state index in [1.807, 2.05) is 6.92 Å². The smallest absolute Gasteiger partial charge is 0.138 e. The molecule has 0 radical (unpaired) electrons. The lowest BCUT2D eigenvalue weighted by Crippen LogP contribution is -2.09. The van der Waals surface area contributed by atoms with Crippen LogP contribution in [-0.2, 0) is 0 Å². The third kappa shape index (κ3) is 1.34. The Labute approximate surface area is 70.3 Å². The number of anilines is 2. The predicted octanol–water partition coefficient (Wildman–Crippen LogP) is 0.419. The molecular weight excluding hydrogens is 154 g/mol. The zero-order valence-electron chi connectivity index (χ0n) is 6.83. The molecule has 0 saturated carbocycles. The van der Waals surface area contributed by atoms with Gasteiger partial charge in [0, 0.05) is 5.71 Å². The van der Waals surface area contributed by atoms with Crippen molar-refractivity contribution in [1.29, 1.82) is 5.41 Å². The molecule has 1 aromatic heterocycles. The molecule has 0 saturated heterocycles. The van der Waals surface area contributed by atoms with Gasteiger partial charge in [0.05, 0.1) is 5.56 Å². The Morgan fingerprint density at radius 2 is 1.92 bits per heavy atom. The van der Waals surface area contributed by atoms with Crippen molar-refractivity contribution in [2.24, 2.45) is 0 Å². The summed E-state index contributed by atoms with van der Waals surface area (Å²) in [6.07, 6.45) is 1.86. The molecule has 0 atom stereocenters. The Bertz CT molecular complexity index is 286. The van der Waals surface area contributed by atoms with Crippen molar-refractivity contribution in [2.75, 3.05) is 11.5 Å². The number of nitrogens with two attached hydrogens (primary N) is 2. The van der Waals surface area contributed by atoms with Gasteiger partial charge >= 0.3 is 0 Å². The fraction of sp³-hybridized carbons (Fsp3) is 0.286. The maximum atomic E-state index is 7.52. The van der Waals surface area contributed by atoms with Gasteiger partial charge in [-0.1, -0.05) is 6.92 Å². The quantitative estimate of drug-likeness (QED) is 0.552. The van der Waals surface area contributed by atoms with Gasteiger partial charge < -0.3 is 16.9 Å². The third-order valence-corrected chi connectivity index (χ3v) is 1.56. The molecule has 0 aliphatic rings. The highest BCUT2D eigenvalue weighted by Crippen LogP contribution is 2.15. The highest BCUT2D eigenvalue weighted by atomic mass is 15.0. The Morgan fingerprint density at radius 3 is 2.33 bits per heavy atom. The van der Waals surface area contributed by atoms with Gasteiger partial charge in [0.15, 0.2) is 0 Å². The second kappa shape index (κ2) is 3.17. The zero-order chi connectivity index (χ0) is 9.14. The number of nitrogens with one attached hydrogen (secondary N) is 1. The number of hydrogen-bond donors (Lipinski definition) is 3. The van der Waals surface area contributed by atoms with Crippen LogP contribution in [0.4, 0.5) is 11.6 Å². The molecule has 64 valence electrons. The normalized spacial score (nSPS) is 9.75. The molecular formula is C7H11N5. The lowest BCUT2D eigenvalue weighted by molar-refractivity contribution is 1.15. The molecule has 5 heteroatoms. The van der Waals surface area contributed by atoms with Crippen LogP contribution in [0.25, 0.3) is 0 Å². The van der Waals surface area contributed by atoms with Crippen LogP contribution >= 0.6 is 0 Å². The maximum Gasteiger partial charge on any atom is 0.138 e. The van der Waals surface area contributed by atoms with Gasteiger partial charge in [-0.25, -0.2) is 9.97 Å². The van der Waals surface area contributed by atoms with Crippen LogP contribution in [0.3, 0.4) is 0 Å². The number of rotatable bonds is 2. The molecule has 12 heavy (non-hydrogen) atoms. The zero-order valence-corrected chi connectivity index (χ0v) is 6.83. The fourth-order valence-corrected chi connectivity index (χ4v) is 0.900. The maximum absolute atomic E-state index is 7.52. The summed E-state index contributed by atoms with van der Waals surface area (Å²) in [6, 6.07) is 0. The first-order valence-electron chi connectivity index (χ1n) is 3.60. The van der Waals surface area contributed by atoms with E-state index in [0.717, 1.165) is 0 Å². The van der Waals surface area contributed by atoms with E-state index < -0.39 is 0 Å². The van der Waals surface area contributed by atoms with Crippen LogP contribution in [0.5, 0.6) is 0 Å². The summed E-state index contributed by atoms with van der Waals surface area (Å²) >= 11 is 0. The third-order valence-electron chi connectivity index (χ3n) is 1.56. The molecule has 5 nitrogen and oxygen atoms in total. The van der Waals surface area contributed by atoms with Crippen LogP contribution in [0.15, 0.2) is 6.33 Å². The minimum Gasteiger partial charge on any atom is -0.383 e. The summed E-state index contributed by atoms with van der Waals surface area (Å²) in [4.78, 5) is 7.51. The van der Waals surface area contributed by atoms with Crippen molar-refractivity contribution in [1.82, 2.24) is 9.97 Å². The van der Waals surface area contributed by atoms with Gasteiger partial charge in [0.2, 0.25) is 0 Å². The number of aromatic nitrogens is 2. The highest BCUT2D eigenvalue weighted by molar-refractivity contribution is 6.05. The van der Waals surface area contributed by atoms with Crippen molar-refractivity contribution in [3.05, 3.63) is 11.9 Å². The SMILES string of the molecule is CCC(=N)c1c(N)ncnc1N. The second-order valence-electron chi connectivity index (χ2n) is 2.35. The highest BCUT2D eigenvalue weighted by Gasteiger charge is 2.09. The van der Waals surface area contributed by atoms with Crippen LogP contribution < -0.4 is 11.5 Å². The number of nitrogen functional groups attached to an aromatic ring is 2. The van der Waals surface area contributed by atoms with Gasteiger partial charge in [0.1, 0.15) is 18.0 Å². The molecule has 1 aromatic rings. The van der Waals surface area contributed by atoms with Crippen LogP contribution in [0.1, 0.15) is 18.9 Å². The Morgan fingerprint density at radius 1 is 1.42 bits per heavy atom. The lowest BCUT2D eigenvalue weighted by Gasteiger charge is -2.05. The Hall–Kier alpha value is -1.65. The minimum atomic E-state index is 0.273. The van der Waals surface area contributed by atoms with Gasteiger partial charge in [-0.05, 0) is 6.42 Å². The minimum absolute atomic E-state index is 0.273. The first-order chi connectivity index (χ1) is 5.66. The van der Waals surface area contributed by atoms with Crippen molar-refractivity contribution < 1.29 is 0 Å². The molecule has 5 N–H and O–H groups in total. The molecule has 0 fully saturated rings. The second-order valence-corrected chi connectivity index (χ2v) is 2.35. The van der Waals surface area contributed by atoms with Crippen molar-refractivity contribution in [3.63, 3.8) is 0 Å². The van der Waals surface area contributed by atoms with Gasteiger partial charge in [-0.15, -0.1) is 0 Å². The van der Waals surface area contributed by atoms with E-state index in [-0.39, 0.29) is 11.6 Å². The van der Waals surface area contributed by atoms with Crippen molar-refractivity contribution >= 4 is 17.3 Å². The summed E-state index contributed by atoms with van der Waals surface area (Å²) in [6.45, 7) is 1.86. The fourth-order valence-electron chi connectivity index (χ4n) is 0.900. The first kappa shape index (κ1) is 8.45. The average molecular weight is 165 g/mol. The summed E-state index contributed by atoms with van der Waals surface area (Å²) < 4.78 is 0. The molecule has 0 amide bonds. The number of nitrogens with zero attached hydrogens (tertiary/aromatic N) is 2. The van der Waals surface area contributed by atoms with E-state index >= 15 is 0 Å². The summed E-state index contributed by atoms with van der Waals surface area (Å²) in [5, 5.41) is 7.52. The molecule has 0 unspecified atom stereocenters. The number of hydrogen-bond acceptors (Lipinski definition) is 5. The summed E-state index contributed by atoms with van der Waals surface area (Å²) in [7, 11) is 0. The van der Waals surface area contributed by atoms with Gasteiger partial charge in [0.25, 0.3) is 0 Å². The molecule has 0 bridgehead atoms. The molecule has 0 spiro atoms. The molecule has 0 aromatic carbocycles. The van der Waals surface area contributed by atoms with Crippen molar-refractivity contribution in [2.45, 2.75) is 13.3 Å². The van der Waals surface area contributed by atoms with Crippen LogP contribution in [-0.4, -0.2) is 15.7 Å². The summed E-state index contributed by atoms with van der Waals surface area (Å²) in [5.74, 6) is 0.545. The standard InChI is InChI=1S/C7H11N5/c1-2-4(8)5-6(9)11-3-12-7(5)10/h3,8H,2H2,1H3,(H4,9,10,11,12). The van der Waals surface area contributed by atoms with E-state index in [9.17, 15) is 0 Å². The molecule has 0 aliphatic heterocycles. The predicted molar refractivity (Wildman–Crippen MR) is 48.0 cm³/mol. The largest absolute Gasteiger partial charge is 0.383 e. The van der Waals surface area contributed by atoms with Gasteiger partial charge in [-0.3, -0.25) is 0 Å². The topological polar surface area (TPSA) is 102 Å². The monoisotopic (exact) mass is 165 g/mol. The van der Waals surface area contributed by atoms with Crippen LogP contribution in [0, 0.1) is 5.41 Å². The van der Waals surface area contributed by atoms with E-state index in [1.54, 1.807) is 0 Å². The first-order valence-corrected chi connectivity index (χ1v) is 3.60. The lowest BCUT2D eigenvalue weighted by atomic mass is 10.1. The van der Waals surface area contributed by atoms with Crippen molar-refractivity contribution in [3.8, 4) is 0 Å². The van der Waals surface area contributed by atoms with E-state index in [1.165, 1.54) is 6.33 Å². The Kier molecular flexibility index (Phi) is 2.23. The van der Waals surface area contributed by atoms with E-state index in [0.29, 0.717) is 17.7 Å². The summed E-state index contributed by atoms with van der Waals surface area (Å²) in [5.41, 5.74) is 11.9. The average Bonchev–Trinajstić information content (AvgIpc) is 2.03. The van der Waals surface area contributed by atoms with E-state index in [4.69, 9.17) is 16.9 Å². The molecule has 1 rings (SSSR count). The molecule has 0 aliphatic carbocycles. The Balaban J connectivity index is 3.21. The molecule has 1 heterocycles.